The first-order chi connectivity index (χ1) is 12.6. The van der Waals surface area contributed by atoms with Crippen molar-refractivity contribution in [1.29, 1.82) is 0 Å². The largest absolute Gasteiger partial charge is 0.478 e. The van der Waals surface area contributed by atoms with Crippen LogP contribution in [0.5, 0.6) is 0 Å². The molecule has 2 aromatic carbocycles. The van der Waals surface area contributed by atoms with E-state index >= 15 is 0 Å². The van der Waals surface area contributed by atoms with Crippen molar-refractivity contribution in [3.63, 3.8) is 0 Å². The minimum Gasteiger partial charge on any atom is -0.478 e. The number of aliphatic hydroxyl groups is 1. The number of anilines is 3. The van der Waals surface area contributed by atoms with E-state index in [1.807, 2.05) is 31.2 Å². The summed E-state index contributed by atoms with van der Waals surface area (Å²) in [5, 5.41) is 25.7. The number of carboxylic acid groups (broad SMARTS) is 1. The molecule has 3 rings (SSSR count). The molecule has 4 N–H and O–H groups in total. The molecule has 1 aromatic heterocycles. The van der Waals surface area contributed by atoms with Gasteiger partial charge in [0, 0.05) is 11.1 Å². The second kappa shape index (κ2) is 7.79. The number of carboxylic acids is 1. The van der Waals surface area contributed by atoms with Crippen LogP contribution in [0.2, 0.25) is 0 Å². The van der Waals surface area contributed by atoms with Gasteiger partial charge < -0.3 is 20.8 Å². The van der Waals surface area contributed by atoms with Crippen LogP contribution in [0.1, 0.15) is 23.7 Å². The number of fused-ring (bicyclic) bond motifs is 1. The van der Waals surface area contributed by atoms with Gasteiger partial charge in [-0.15, -0.1) is 0 Å². The van der Waals surface area contributed by atoms with Crippen LogP contribution in [0.15, 0.2) is 48.5 Å². The van der Waals surface area contributed by atoms with Gasteiger partial charge in [-0.25, -0.2) is 9.78 Å². The summed E-state index contributed by atoms with van der Waals surface area (Å²) in [6, 6.07) is 13.9. The number of nitrogens with zero attached hydrogens (tertiary/aromatic N) is 2. The van der Waals surface area contributed by atoms with Gasteiger partial charge in [0.2, 0.25) is 5.95 Å². The molecule has 0 aliphatic rings. The average Bonchev–Trinajstić information content (AvgIpc) is 2.66. The number of aromatic carboxylic acids is 1. The van der Waals surface area contributed by atoms with Gasteiger partial charge in [0.25, 0.3) is 0 Å². The van der Waals surface area contributed by atoms with Crippen molar-refractivity contribution in [1.82, 2.24) is 9.97 Å². The molecule has 0 aliphatic heterocycles. The van der Waals surface area contributed by atoms with Crippen molar-refractivity contribution >= 4 is 34.3 Å². The second-order valence-electron chi connectivity index (χ2n) is 5.86. The topological polar surface area (TPSA) is 107 Å². The fourth-order valence-corrected chi connectivity index (χ4v) is 2.57. The summed E-state index contributed by atoms with van der Waals surface area (Å²) in [4.78, 5) is 20.1. The molecule has 7 nitrogen and oxygen atoms in total. The number of benzene rings is 2. The Labute approximate surface area is 150 Å². The van der Waals surface area contributed by atoms with E-state index in [4.69, 9.17) is 5.11 Å². The quantitative estimate of drug-likeness (QED) is 0.517. The molecular weight excluding hydrogens is 332 g/mol. The maximum atomic E-state index is 11.1. The van der Waals surface area contributed by atoms with Gasteiger partial charge >= 0.3 is 5.97 Å². The van der Waals surface area contributed by atoms with Gasteiger partial charge in [-0.2, -0.15) is 4.98 Å². The Kier molecular flexibility index (Phi) is 5.28. The molecule has 1 atom stereocenters. The zero-order valence-corrected chi connectivity index (χ0v) is 14.3. The minimum atomic E-state index is -0.996. The number of aromatic nitrogens is 2. The summed E-state index contributed by atoms with van der Waals surface area (Å²) in [5.41, 5.74) is 1.51. The van der Waals surface area contributed by atoms with E-state index in [1.165, 1.54) is 12.1 Å². The lowest BCUT2D eigenvalue weighted by Crippen LogP contribution is -2.23. The Morgan fingerprint density at radius 1 is 1.15 bits per heavy atom. The molecule has 134 valence electrons. The fraction of sp³-hybridized carbons (Fsp3) is 0.211. The lowest BCUT2D eigenvalue weighted by Gasteiger charge is -2.17. The number of rotatable bonds is 7. The first-order valence-electron chi connectivity index (χ1n) is 8.35. The van der Waals surface area contributed by atoms with Crippen molar-refractivity contribution in [3.05, 3.63) is 54.1 Å². The van der Waals surface area contributed by atoms with Crippen LogP contribution in [0.25, 0.3) is 10.9 Å². The average molecular weight is 352 g/mol. The number of hydrogen-bond acceptors (Lipinski definition) is 6. The van der Waals surface area contributed by atoms with Gasteiger partial charge in [-0.3, -0.25) is 0 Å². The van der Waals surface area contributed by atoms with E-state index in [0.717, 1.165) is 17.3 Å². The van der Waals surface area contributed by atoms with Crippen LogP contribution in [0.4, 0.5) is 17.5 Å². The van der Waals surface area contributed by atoms with E-state index < -0.39 is 5.97 Å². The van der Waals surface area contributed by atoms with Crippen LogP contribution in [-0.4, -0.2) is 38.8 Å². The Hall–Kier alpha value is -3.19. The van der Waals surface area contributed by atoms with E-state index in [-0.39, 0.29) is 18.2 Å². The summed E-state index contributed by atoms with van der Waals surface area (Å²) in [5.74, 6) is -0.0286. The Bertz CT molecular complexity index is 926. The summed E-state index contributed by atoms with van der Waals surface area (Å²) in [6.45, 7) is 1.98. The lowest BCUT2D eigenvalue weighted by molar-refractivity contribution is 0.0697. The summed E-state index contributed by atoms with van der Waals surface area (Å²) in [6.07, 6.45) is 0.748. The van der Waals surface area contributed by atoms with Crippen LogP contribution in [0, 0.1) is 0 Å². The number of nitrogens with one attached hydrogen (secondary N) is 2. The number of aliphatic hydroxyl groups excluding tert-OH is 1. The molecule has 0 aliphatic carbocycles. The molecule has 1 unspecified atom stereocenters. The Morgan fingerprint density at radius 3 is 2.69 bits per heavy atom. The molecule has 0 bridgehead atoms. The van der Waals surface area contributed by atoms with Crippen molar-refractivity contribution in [2.24, 2.45) is 0 Å². The van der Waals surface area contributed by atoms with Gasteiger partial charge in [0.05, 0.1) is 23.7 Å². The first-order valence-corrected chi connectivity index (χ1v) is 8.35. The predicted octanol–water partition coefficient (Wildman–Crippen LogP) is 3.25. The Morgan fingerprint density at radius 2 is 1.96 bits per heavy atom. The third-order valence-electron chi connectivity index (χ3n) is 4.02. The lowest BCUT2D eigenvalue weighted by atomic mass is 10.2. The third kappa shape index (κ3) is 3.89. The highest BCUT2D eigenvalue weighted by atomic mass is 16.4. The van der Waals surface area contributed by atoms with Crippen LogP contribution in [-0.2, 0) is 0 Å². The summed E-state index contributed by atoms with van der Waals surface area (Å²) < 4.78 is 0. The molecule has 0 saturated carbocycles. The number of hydrogen-bond donors (Lipinski definition) is 4. The van der Waals surface area contributed by atoms with Crippen molar-refractivity contribution in [3.8, 4) is 0 Å². The molecule has 7 heteroatoms. The molecule has 0 spiro atoms. The third-order valence-corrected chi connectivity index (χ3v) is 4.02. The van der Waals surface area contributed by atoms with Gasteiger partial charge in [-0.05, 0) is 36.8 Å². The highest BCUT2D eigenvalue weighted by Crippen LogP contribution is 2.24. The predicted molar refractivity (Wildman–Crippen MR) is 101 cm³/mol. The van der Waals surface area contributed by atoms with Gasteiger partial charge in [0.1, 0.15) is 5.82 Å². The van der Waals surface area contributed by atoms with Gasteiger partial charge in [0.15, 0.2) is 0 Å². The molecule has 0 fully saturated rings. The molecule has 0 amide bonds. The second-order valence-corrected chi connectivity index (χ2v) is 5.86. The number of para-hydroxylation sites is 1. The Balaban J connectivity index is 1.98. The molecule has 0 radical (unpaired) electrons. The summed E-state index contributed by atoms with van der Waals surface area (Å²) in [7, 11) is 0. The molecule has 3 aromatic rings. The molecule has 0 saturated heterocycles. The van der Waals surface area contributed by atoms with Gasteiger partial charge in [-0.1, -0.05) is 25.1 Å². The maximum Gasteiger partial charge on any atom is 0.335 e. The minimum absolute atomic E-state index is 0.00174. The van der Waals surface area contributed by atoms with Crippen molar-refractivity contribution in [2.45, 2.75) is 19.4 Å². The van der Waals surface area contributed by atoms with Crippen molar-refractivity contribution in [2.75, 3.05) is 17.2 Å². The standard InChI is InChI=1S/C19H20N4O3/c1-2-13(11-24)20-17-15-8-3-4-9-16(15)22-19(23-17)21-14-7-5-6-12(10-14)18(25)26/h3-10,13,24H,2,11H2,1H3,(H,25,26)(H2,20,21,22,23). The highest BCUT2D eigenvalue weighted by molar-refractivity contribution is 5.91. The van der Waals surface area contributed by atoms with E-state index in [1.54, 1.807) is 12.1 Å². The molecule has 1 heterocycles. The zero-order chi connectivity index (χ0) is 18.5. The van der Waals surface area contributed by atoms with E-state index in [2.05, 4.69) is 20.6 Å². The molecular formula is C19H20N4O3. The molecule has 26 heavy (non-hydrogen) atoms. The van der Waals surface area contributed by atoms with Crippen LogP contribution in [0.3, 0.4) is 0 Å². The number of carbonyl (C=O) groups is 1. The zero-order valence-electron chi connectivity index (χ0n) is 14.3. The maximum absolute atomic E-state index is 11.1. The van der Waals surface area contributed by atoms with E-state index in [9.17, 15) is 9.90 Å². The summed E-state index contributed by atoms with van der Waals surface area (Å²) >= 11 is 0. The monoisotopic (exact) mass is 352 g/mol. The van der Waals surface area contributed by atoms with Crippen LogP contribution < -0.4 is 10.6 Å². The van der Waals surface area contributed by atoms with Crippen molar-refractivity contribution < 1.29 is 15.0 Å². The van der Waals surface area contributed by atoms with Crippen LogP contribution >= 0.6 is 0 Å². The normalized spacial score (nSPS) is 11.9. The fourth-order valence-electron chi connectivity index (χ4n) is 2.57. The highest BCUT2D eigenvalue weighted by Gasteiger charge is 2.12. The SMILES string of the molecule is CCC(CO)Nc1nc(Nc2cccc(C(=O)O)c2)nc2ccccc12. The van der Waals surface area contributed by atoms with E-state index in [0.29, 0.717) is 17.5 Å². The smallest absolute Gasteiger partial charge is 0.335 e. The first kappa shape index (κ1) is 17.6.